The number of amides is 1. The lowest BCUT2D eigenvalue weighted by molar-refractivity contribution is -0.122. The molecule has 1 fully saturated rings. The summed E-state index contributed by atoms with van der Waals surface area (Å²) in [5, 5.41) is 3.04. The van der Waals surface area contributed by atoms with E-state index >= 15 is 0 Å². The molecule has 4 rings (SSSR count). The molecule has 1 aliphatic rings. The number of hydrogen-bond acceptors (Lipinski definition) is 8. The third-order valence-corrected chi connectivity index (χ3v) is 7.27. The lowest BCUT2D eigenvalue weighted by atomic mass is 9.96. The zero-order valence-electron chi connectivity index (χ0n) is 21.5. The van der Waals surface area contributed by atoms with Gasteiger partial charge in [0, 0.05) is 38.5 Å². The van der Waals surface area contributed by atoms with Crippen LogP contribution in [0.3, 0.4) is 0 Å². The zero-order chi connectivity index (χ0) is 25.9. The van der Waals surface area contributed by atoms with E-state index in [0.29, 0.717) is 36.4 Å². The lowest BCUT2D eigenvalue weighted by Crippen LogP contribution is -2.50. The largest absolute Gasteiger partial charge is 0.481 e. The number of methoxy groups -OCH3 is 2. The standard InChI is InChI=1S/C28H35N5O3S/c1-35-26-19-27(36-2)31-24(30-26)21-37-18-13-29-25(34)20-32-14-16-33(17-15-32)28(22-9-5-3-6-10-22)23-11-7-4-8-12-23/h3-12,19,28H,13-18,20-21H2,1-2H3,(H,29,34). The Morgan fingerprint density at radius 1 is 0.919 bits per heavy atom. The first-order chi connectivity index (χ1) is 18.2. The molecule has 3 aromatic rings. The van der Waals surface area contributed by atoms with Crippen molar-refractivity contribution < 1.29 is 14.3 Å². The average Bonchev–Trinajstić information content (AvgIpc) is 2.95. The maximum absolute atomic E-state index is 12.5. The van der Waals surface area contributed by atoms with E-state index in [4.69, 9.17) is 9.47 Å². The monoisotopic (exact) mass is 521 g/mol. The van der Waals surface area contributed by atoms with E-state index in [0.717, 1.165) is 31.9 Å². The van der Waals surface area contributed by atoms with Gasteiger partial charge < -0.3 is 14.8 Å². The number of carbonyl (C=O) groups excluding carboxylic acids is 1. The molecule has 0 bridgehead atoms. The van der Waals surface area contributed by atoms with Gasteiger partial charge in [-0.15, -0.1) is 0 Å². The minimum absolute atomic E-state index is 0.0658. The summed E-state index contributed by atoms with van der Waals surface area (Å²) >= 11 is 1.66. The van der Waals surface area contributed by atoms with Gasteiger partial charge in [0.2, 0.25) is 17.7 Å². The van der Waals surface area contributed by atoms with E-state index in [1.165, 1.54) is 11.1 Å². The maximum atomic E-state index is 12.5. The number of nitrogens with one attached hydrogen (secondary N) is 1. The summed E-state index contributed by atoms with van der Waals surface area (Å²) in [4.78, 5) is 26.0. The van der Waals surface area contributed by atoms with Gasteiger partial charge in [-0.05, 0) is 11.1 Å². The fraction of sp³-hybridized carbons (Fsp3) is 0.393. The van der Waals surface area contributed by atoms with Crippen LogP contribution in [-0.4, -0.2) is 84.9 Å². The molecule has 1 saturated heterocycles. The van der Waals surface area contributed by atoms with Crippen LogP contribution in [0.2, 0.25) is 0 Å². The molecule has 1 aromatic heterocycles. The molecule has 1 N–H and O–H groups in total. The Hall–Kier alpha value is -3.14. The van der Waals surface area contributed by atoms with Crippen molar-refractivity contribution in [3.8, 4) is 11.8 Å². The van der Waals surface area contributed by atoms with Crippen LogP contribution in [0.25, 0.3) is 0 Å². The van der Waals surface area contributed by atoms with Crippen LogP contribution >= 0.6 is 11.8 Å². The van der Waals surface area contributed by atoms with Gasteiger partial charge in [0.15, 0.2) is 0 Å². The lowest BCUT2D eigenvalue weighted by Gasteiger charge is -2.39. The first-order valence-corrected chi connectivity index (χ1v) is 13.7. The van der Waals surface area contributed by atoms with Crippen molar-refractivity contribution in [2.45, 2.75) is 11.8 Å². The number of benzene rings is 2. The van der Waals surface area contributed by atoms with Crippen LogP contribution in [0.4, 0.5) is 0 Å². The van der Waals surface area contributed by atoms with E-state index in [-0.39, 0.29) is 11.9 Å². The van der Waals surface area contributed by atoms with Crippen molar-refractivity contribution in [3.05, 3.63) is 83.7 Å². The second-order valence-electron chi connectivity index (χ2n) is 8.81. The Balaban J connectivity index is 1.19. The van der Waals surface area contributed by atoms with Gasteiger partial charge in [-0.1, -0.05) is 60.7 Å². The molecule has 2 aromatic carbocycles. The van der Waals surface area contributed by atoms with E-state index in [1.807, 2.05) is 0 Å². The molecule has 2 heterocycles. The first kappa shape index (κ1) is 26.9. The first-order valence-electron chi connectivity index (χ1n) is 12.5. The van der Waals surface area contributed by atoms with Gasteiger partial charge in [-0.25, -0.2) is 0 Å². The summed E-state index contributed by atoms with van der Waals surface area (Å²) in [6.07, 6.45) is 0. The van der Waals surface area contributed by atoms with Crippen molar-refractivity contribution in [2.75, 3.05) is 59.2 Å². The highest BCUT2D eigenvalue weighted by Gasteiger charge is 2.26. The molecule has 0 atom stereocenters. The molecule has 196 valence electrons. The molecule has 0 radical (unpaired) electrons. The van der Waals surface area contributed by atoms with Crippen LogP contribution < -0.4 is 14.8 Å². The molecular weight excluding hydrogens is 486 g/mol. The quantitative estimate of drug-likeness (QED) is 0.364. The molecule has 0 spiro atoms. The van der Waals surface area contributed by atoms with Crippen LogP contribution in [-0.2, 0) is 10.5 Å². The van der Waals surface area contributed by atoms with Gasteiger partial charge in [0.05, 0.1) is 38.6 Å². The fourth-order valence-electron chi connectivity index (χ4n) is 4.47. The van der Waals surface area contributed by atoms with Crippen LogP contribution in [0.1, 0.15) is 23.0 Å². The number of rotatable bonds is 12. The molecule has 37 heavy (non-hydrogen) atoms. The number of piperazine rings is 1. The summed E-state index contributed by atoms with van der Waals surface area (Å²) in [7, 11) is 3.14. The molecule has 1 amide bonds. The molecule has 8 nitrogen and oxygen atoms in total. The fourth-order valence-corrected chi connectivity index (χ4v) is 5.18. The highest BCUT2D eigenvalue weighted by molar-refractivity contribution is 7.98. The van der Waals surface area contributed by atoms with Gasteiger partial charge >= 0.3 is 0 Å². The Morgan fingerprint density at radius 3 is 2.03 bits per heavy atom. The summed E-state index contributed by atoms with van der Waals surface area (Å²) < 4.78 is 10.4. The van der Waals surface area contributed by atoms with Crippen molar-refractivity contribution in [2.24, 2.45) is 0 Å². The van der Waals surface area contributed by atoms with Crippen LogP contribution in [0, 0.1) is 0 Å². The van der Waals surface area contributed by atoms with Gasteiger partial charge in [0.1, 0.15) is 5.82 Å². The summed E-state index contributed by atoms with van der Waals surface area (Å²) in [6.45, 7) is 4.61. The van der Waals surface area contributed by atoms with Crippen molar-refractivity contribution in [3.63, 3.8) is 0 Å². The number of thioether (sulfide) groups is 1. The van der Waals surface area contributed by atoms with Crippen molar-refractivity contribution in [1.29, 1.82) is 0 Å². The number of ether oxygens (including phenoxy) is 2. The number of aromatic nitrogens is 2. The van der Waals surface area contributed by atoms with Crippen LogP contribution in [0.15, 0.2) is 66.7 Å². The van der Waals surface area contributed by atoms with E-state index in [2.05, 4.69) is 85.7 Å². The second kappa shape index (κ2) is 14.0. The van der Waals surface area contributed by atoms with Gasteiger partial charge in [0.25, 0.3) is 0 Å². The van der Waals surface area contributed by atoms with Gasteiger partial charge in [-0.3, -0.25) is 14.6 Å². The minimum atomic E-state index is 0.0658. The molecular formula is C28H35N5O3S. The maximum Gasteiger partial charge on any atom is 0.234 e. The van der Waals surface area contributed by atoms with Crippen molar-refractivity contribution in [1.82, 2.24) is 25.1 Å². The molecule has 9 heteroatoms. The summed E-state index contributed by atoms with van der Waals surface area (Å²) in [6, 6.07) is 23.2. The Kier molecular flexibility index (Phi) is 10.2. The average molecular weight is 522 g/mol. The zero-order valence-corrected chi connectivity index (χ0v) is 22.3. The minimum Gasteiger partial charge on any atom is -0.481 e. The third-order valence-electron chi connectivity index (χ3n) is 6.31. The third kappa shape index (κ3) is 7.92. The predicted molar refractivity (Wildman–Crippen MR) is 147 cm³/mol. The summed E-state index contributed by atoms with van der Waals surface area (Å²) in [5.74, 6) is 3.07. The highest BCUT2D eigenvalue weighted by Crippen LogP contribution is 2.29. The highest BCUT2D eigenvalue weighted by atomic mass is 32.2. The summed E-state index contributed by atoms with van der Waals surface area (Å²) in [5.41, 5.74) is 2.60. The molecule has 1 aliphatic heterocycles. The number of nitrogens with zero attached hydrogens (tertiary/aromatic N) is 4. The number of hydrogen-bond donors (Lipinski definition) is 1. The van der Waals surface area contributed by atoms with Crippen molar-refractivity contribution >= 4 is 17.7 Å². The van der Waals surface area contributed by atoms with E-state index < -0.39 is 0 Å². The molecule has 0 saturated carbocycles. The molecule has 0 unspecified atom stereocenters. The Morgan fingerprint density at radius 2 is 1.49 bits per heavy atom. The van der Waals surface area contributed by atoms with Crippen LogP contribution in [0.5, 0.6) is 11.8 Å². The second-order valence-corrected chi connectivity index (χ2v) is 9.91. The smallest absolute Gasteiger partial charge is 0.234 e. The van der Waals surface area contributed by atoms with Gasteiger partial charge in [-0.2, -0.15) is 21.7 Å². The Bertz CT molecular complexity index is 1050. The SMILES string of the molecule is COc1cc(OC)nc(CSCCNC(=O)CN2CCN(C(c3ccccc3)c3ccccc3)CC2)n1. The molecule has 0 aliphatic carbocycles. The topological polar surface area (TPSA) is 79.8 Å². The predicted octanol–water partition coefficient (Wildman–Crippen LogP) is 3.25. The Labute approximate surface area is 223 Å². The van der Waals surface area contributed by atoms with E-state index in [9.17, 15) is 4.79 Å². The van der Waals surface area contributed by atoms with E-state index in [1.54, 1.807) is 32.0 Å². The normalized spacial score (nSPS) is 14.5. The number of carbonyl (C=O) groups is 1.